The number of likely N-dealkylation sites (tertiary alicyclic amines) is 1. The quantitative estimate of drug-likeness (QED) is 0.488. The lowest BCUT2D eigenvalue weighted by atomic mass is 10.3. The number of nitrogens with zero attached hydrogens (tertiary/aromatic N) is 7. The smallest absolute Gasteiger partial charge is 0.231 e. The summed E-state index contributed by atoms with van der Waals surface area (Å²) in [7, 11) is 0. The van der Waals surface area contributed by atoms with Gasteiger partial charge in [0.05, 0.1) is 11.9 Å². The molecule has 0 spiro atoms. The molecule has 0 atom stereocenters. The van der Waals surface area contributed by atoms with E-state index in [0.29, 0.717) is 18.1 Å². The summed E-state index contributed by atoms with van der Waals surface area (Å²) in [6.07, 6.45) is 8.98. The zero-order valence-corrected chi connectivity index (χ0v) is 16.8. The molecule has 0 saturated carbocycles. The number of fused-ring (bicyclic) bond motifs is 1. The van der Waals surface area contributed by atoms with Gasteiger partial charge in [0.2, 0.25) is 11.8 Å². The zero-order chi connectivity index (χ0) is 21.0. The number of rotatable bonds is 7. The molecule has 4 aromatic rings. The van der Waals surface area contributed by atoms with Gasteiger partial charge in [-0.2, -0.15) is 0 Å². The lowest BCUT2D eigenvalue weighted by molar-refractivity contribution is 0.230. The molecule has 5 heterocycles. The van der Waals surface area contributed by atoms with Gasteiger partial charge in [-0.25, -0.2) is 28.8 Å². The Morgan fingerprint density at radius 2 is 1.84 bits per heavy atom. The zero-order valence-electron chi connectivity index (χ0n) is 16.8. The van der Waals surface area contributed by atoms with Crippen molar-refractivity contribution in [3.8, 4) is 17.1 Å². The summed E-state index contributed by atoms with van der Waals surface area (Å²) in [5.41, 5.74) is 2.15. The maximum Gasteiger partial charge on any atom is 0.231 e. The molecular formula is C21H21FN8O. The Labute approximate surface area is 178 Å². The Morgan fingerprint density at radius 3 is 2.65 bits per heavy atom. The van der Waals surface area contributed by atoms with E-state index in [-0.39, 0.29) is 11.8 Å². The van der Waals surface area contributed by atoms with E-state index in [9.17, 15) is 4.39 Å². The van der Waals surface area contributed by atoms with Crippen molar-refractivity contribution in [3.05, 3.63) is 54.9 Å². The molecule has 31 heavy (non-hydrogen) atoms. The van der Waals surface area contributed by atoms with Crippen LogP contribution in [0.5, 0.6) is 5.88 Å². The number of anilines is 2. The minimum Gasteiger partial charge on any atom is -0.475 e. The Morgan fingerprint density at radius 1 is 1.00 bits per heavy atom. The number of nitrogens with one attached hydrogen (secondary N) is 1. The van der Waals surface area contributed by atoms with Crippen LogP contribution in [-0.2, 0) is 0 Å². The van der Waals surface area contributed by atoms with E-state index in [4.69, 9.17) is 4.74 Å². The summed E-state index contributed by atoms with van der Waals surface area (Å²) in [5, 5.41) is 7.33. The van der Waals surface area contributed by atoms with Crippen LogP contribution in [0.1, 0.15) is 12.8 Å². The minimum atomic E-state index is -0.474. The third kappa shape index (κ3) is 4.29. The highest BCUT2D eigenvalue weighted by molar-refractivity contribution is 5.62. The van der Waals surface area contributed by atoms with Crippen molar-refractivity contribution in [1.29, 1.82) is 0 Å². The second kappa shape index (κ2) is 8.60. The first-order chi connectivity index (χ1) is 15.3. The SMILES string of the molecule is Fc1cccnc1Nc1ncc(-c2cnc3ccc(OCCN4CCCC4)nn23)cn1. The van der Waals surface area contributed by atoms with Crippen LogP contribution in [0.3, 0.4) is 0 Å². The Hall–Kier alpha value is -3.66. The largest absolute Gasteiger partial charge is 0.475 e. The van der Waals surface area contributed by atoms with E-state index in [1.165, 1.54) is 31.2 Å². The van der Waals surface area contributed by atoms with E-state index in [2.05, 4.69) is 35.3 Å². The summed E-state index contributed by atoms with van der Waals surface area (Å²) in [4.78, 5) is 19.2. The van der Waals surface area contributed by atoms with E-state index < -0.39 is 5.82 Å². The van der Waals surface area contributed by atoms with Gasteiger partial charge in [0.25, 0.3) is 0 Å². The van der Waals surface area contributed by atoms with Crippen molar-refractivity contribution in [2.24, 2.45) is 0 Å². The molecule has 0 aliphatic carbocycles. The molecule has 5 rings (SSSR count). The molecule has 1 N–H and O–H groups in total. The fourth-order valence-corrected chi connectivity index (χ4v) is 3.52. The van der Waals surface area contributed by atoms with Gasteiger partial charge in [-0.05, 0) is 44.1 Å². The van der Waals surface area contributed by atoms with Crippen LogP contribution >= 0.6 is 0 Å². The second-order valence-electron chi connectivity index (χ2n) is 7.24. The number of ether oxygens (including phenoxy) is 1. The topological polar surface area (TPSA) is 93.4 Å². The highest BCUT2D eigenvalue weighted by Crippen LogP contribution is 2.21. The summed E-state index contributed by atoms with van der Waals surface area (Å²) >= 11 is 0. The first kappa shape index (κ1) is 19.3. The van der Waals surface area contributed by atoms with Gasteiger partial charge in [0.15, 0.2) is 17.3 Å². The van der Waals surface area contributed by atoms with E-state index in [1.807, 2.05) is 12.1 Å². The predicted octanol–water partition coefficient (Wildman–Crippen LogP) is 2.94. The first-order valence-electron chi connectivity index (χ1n) is 10.2. The molecule has 1 saturated heterocycles. The minimum absolute atomic E-state index is 0.0717. The first-order valence-corrected chi connectivity index (χ1v) is 10.2. The van der Waals surface area contributed by atoms with E-state index in [1.54, 1.807) is 23.1 Å². The van der Waals surface area contributed by atoms with Crippen molar-refractivity contribution in [2.45, 2.75) is 12.8 Å². The van der Waals surface area contributed by atoms with Gasteiger partial charge in [0, 0.05) is 36.8 Å². The molecule has 0 bridgehead atoms. The highest BCUT2D eigenvalue weighted by Gasteiger charge is 2.13. The van der Waals surface area contributed by atoms with Crippen molar-refractivity contribution in [1.82, 2.24) is 34.4 Å². The molecule has 1 aliphatic rings. The number of imidazole rings is 1. The van der Waals surface area contributed by atoms with E-state index >= 15 is 0 Å². The number of hydrogen-bond donors (Lipinski definition) is 1. The molecule has 158 valence electrons. The van der Waals surface area contributed by atoms with Crippen LogP contribution in [0.2, 0.25) is 0 Å². The van der Waals surface area contributed by atoms with Crippen molar-refractivity contribution < 1.29 is 9.13 Å². The summed E-state index contributed by atoms with van der Waals surface area (Å²) in [6, 6.07) is 6.52. The molecular weight excluding hydrogens is 399 g/mol. The predicted molar refractivity (Wildman–Crippen MR) is 113 cm³/mol. The lowest BCUT2D eigenvalue weighted by Gasteiger charge is -2.14. The van der Waals surface area contributed by atoms with Crippen LogP contribution in [0.15, 0.2) is 49.1 Å². The lowest BCUT2D eigenvalue weighted by Crippen LogP contribution is -2.25. The van der Waals surface area contributed by atoms with Gasteiger partial charge in [-0.15, -0.1) is 5.10 Å². The van der Waals surface area contributed by atoms with Crippen molar-refractivity contribution in [2.75, 3.05) is 31.6 Å². The van der Waals surface area contributed by atoms with Gasteiger partial charge in [-0.1, -0.05) is 0 Å². The molecule has 0 amide bonds. The maximum absolute atomic E-state index is 13.8. The fourth-order valence-electron chi connectivity index (χ4n) is 3.52. The summed E-state index contributed by atoms with van der Waals surface area (Å²) in [5.74, 6) is 0.380. The molecule has 10 heteroatoms. The fraction of sp³-hybridized carbons (Fsp3) is 0.286. The van der Waals surface area contributed by atoms with Gasteiger partial charge >= 0.3 is 0 Å². The molecule has 4 aromatic heterocycles. The number of aromatic nitrogens is 6. The maximum atomic E-state index is 13.8. The average Bonchev–Trinajstić information content (AvgIpc) is 3.46. The summed E-state index contributed by atoms with van der Waals surface area (Å²) < 4.78 is 21.3. The highest BCUT2D eigenvalue weighted by atomic mass is 19.1. The van der Waals surface area contributed by atoms with Gasteiger partial charge in [0.1, 0.15) is 6.61 Å². The molecule has 0 unspecified atom stereocenters. The Kier molecular flexibility index (Phi) is 5.36. The average molecular weight is 420 g/mol. The molecule has 0 aromatic carbocycles. The van der Waals surface area contributed by atoms with Crippen LogP contribution in [0, 0.1) is 5.82 Å². The van der Waals surface area contributed by atoms with Gasteiger partial charge in [-0.3, -0.25) is 4.90 Å². The Balaban J connectivity index is 1.31. The van der Waals surface area contributed by atoms with Crippen LogP contribution in [0.4, 0.5) is 16.2 Å². The standard InChI is InChI=1S/C21H21FN8O/c22-16-4-3-7-23-20(16)27-21-25-12-15(13-26-21)17-14-24-18-5-6-19(28-30(17)18)31-11-10-29-8-1-2-9-29/h3-7,12-14H,1-2,8-11H2,(H,23,25,26,27). The second-order valence-corrected chi connectivity index (χ2v) is 7.24. The van der Waals surface area contributed by atoms with Crippen LogP contribution in [0.25, 0.3) is 16.9 Å². The van der Waals surface area contributed by atoms with Crippen molar-refractivity contribution in [3.63, 3.8) is 0 Å². The van der Waals surface area contributed by atoms with E-state index in [0.717, 1.165) is 30.9 Å². The summed E-state index contributed by atoms with van der Waals surface area (Å²) in [6.45, 7) is 3.77. The van der Waals surface area contributed by atoms with Crippen LogP contribution < -0.4 is 10.1 Å². The third-order valence-corrected chi connectivity index (χ3v) is 5.13. The Bertz CT molecular complexity index is 1170. The van der Waals surface area contributed by atoms with Gasteiger partial charge < -0.3 is 10.1 Å². The van der Waals surface area contributed by atoms with Crippen LogP contribution in [-0.4, -0.2) is 60.7 Å². The molecule has 9 nitrogen and oxygen atoms in total. The molecule has 1 aliphatic heterocycles. The normalized spacial score (nSPS) is 14.2. The monoisotopic (exact) mass is 420 g/mol. The molecule has 0 radical (unpaired) electrons. The third-order valence-electron chi connectivity index (χ3n) is 5.13. The number of halogens is 1. The molecule has 1 fully saturated rings. The number of pyridine rings is 1. The van der Waals surface area contributed by atoms with Crippen molar-refractivity contribution >= 4 is 17.4 Å². The number of hydrogen-bond acceptors (Lipinski definition) is 8.